The van der Waals surface area contributed by atoms with Gasteiger partial charge < -0.3 is 10.4 Å². The predicted molar refractivity (Wildman–Crippen MR) is 140 cm³/mol. The van der Waals surface area contributed by atoms with Gasteiger partial charge >= 0.3 is 5.97 Å². The van der Waals surface area contributed by atoms with Crippen LogP contribution in [0, 0.1) is 0 Å². The first-order chi connectivity index (χ1) is 17.1. The summed E-state index contributed by atoms with van der Waals surface area (Å²) in [6.07, 6.45) is 1.24. The van der Waals surface area contributed by atoms with Gasteiger partial charge in [0.1, 0.15) is 0 Å². The maximum atomic E-state index is 12.9. The summed E-state index contributed by atoms with van der Waals surface area (Å²) in [7, 11) is -3.15. The van der Waals surface area contributed by atoms with Crippen molar-refractivity contribution in [2.24, 2.45) is 0 Å². The van der Waals surface area contributed by atoms with Crippen molar-refractivity contribution in [3.8, 4) is 11.1 Å². The summed E-state index contributed by atoms with van der Waals surface area (Å²) in [5.74, 6) is -1.30. The largest absolute Gasteiger partial charge is 0.478 e. The summed E-state index contributed by atoms with van der Waals surface area (Å²) in [5, 5.41) is 12.4. The fourth-order valence-corrected chi connectivity index (χ4v) is 5.11. The van der Waals surface area contributed by atoms with Gasteiger partial charge in [0.2, 0.25) is 10.0 Å². The first-order valence-electron chi connectivity index (χ1n) is 11.3. The smallest absolute Gasteiger partial charge is 0.335 e. The zero-order valence-corrected chi connectivity index (χ0v) is 21.2. The third-order valence-electron chi connectivity index (χ3n) is 6.09. The van der Waals surface area contributed by atoms with Crippen molar-refractivity contribution in [2.45, 2.75) is 6.54 Å². The molecule has 1 aliphatic heterocycles. The maximum absolute atomic E-state index is 12.9. The van der Waals surface area contributed by atoms with Crippen molar-refractivity contribution in [3.63, 3.8) is 0 Å². The van der Waals surface area contributed by atoms with Crippen LogP contribution in [-0.2, 0) is 16.6 Å². The summed E-state index contributed by atoms with van der Waals surface area (Å²) >= 11 is 6.34. The normalized spacial score (nSPS) is 14.9. The van der Waals surface area contributed by atoms with Gasteiger partial charge in [-0.2, -0.15) is 4.31 Å². The van der Waals surface area contributed by atoms with Crippen molar-refractivity contribution in [2.75, 3.05) is 37.8 Å². The number of nitrogens with zero attached hydrogens (tertiary/aromatic N) is 2. The standard InChI is InChI=1S/C26H26ClN3O5S/c1-36(34,35)30-14-12-29(13-15-30)17-18-2-9-22(10-3-18)28-25(31)21-8-11-24(27)23(16-21)19-4-6-20(7-5-19)26(32)33/h2-11,16H,12-15,17H2,1H3,(H,28,31)(H,32,33). The molecule has 0 saturated carbocycles. The van der Waals surface area contributed by atoms with Crippen LogP contribution in [0.4, 0.5) is 5.69 Å². The summed E-state index contributed by atoms with van der Waals surface area (Å²) in [5.41, 5.74) is 3.65. The Labute approximate surface area is 215 Å². The second kappa shape index (κ2) is 10.8. The van der Waals surface area contributed by atoms with Crippen LogP contribution in [-0.4, -0.2) is 67.0 Å². The molecule has 0 aromatic heterocycles. The van der Waals surface area contributed by atoms with Gasteiger partial charge in [-0.3, -0.25) is 9.69 Å². The molecule has 1 amide bonds. The van der Waals surface area contributed by atoms with E-state index in [0.717, 1.165) is 5.56 Å². The van der Waals surface area contributed by atoms with E-state index in [1.807, 2.05) is 24.3 Å². The van der Waals surface area contributed by atoms with E-state index < -0.39 is 16.0 Å². The van der Waals surface area contributed by atoms with Gasteiger partial charge in [-0.05, 0) is 53.6 Å². The number of sulfonamides is 1. The minimum absolute atomic E-state index is 0.170. The minimum Gasteiger partial charge on any atom is -0.478 e. The Morgan fingerprint density at radius 1 is 0.917 bits per heavy atom. The number of benzene rings is 3. The SMILES string of the molecule is CS(=O)(=O)N1CCN(Cc2ccc(NC(=O)c3ccc(Cl)c(-c4ccc(C(=O)O)cc4)c3)cc2)CC1. The van der Waals surface area contributed by atoms with E-state index in [9.17, 15) is 18.0 Å². The molecular formula is C26H26ClN3O5S. The molecule has 188 valence electrons. The van der Waals surface area contributed by atoms with Crippen LogP contribution in [0.1, 0.15) is 26.3 Å². The highest BCUT2D eigenvalue weighted by molar-refractivity contribution is 7.88. The third kappa shape index (κ3) is 6.30. The molecule has 0 spiro atoms. The lowest BCUT2D eigenvalue weighted by Gasteiger charge is -2.33. The highest BCUT2D eigenvalue weighted by atomic mass is 35.5. The number of anilines is 1. The highest BCUT2D eigenvalue weighted by Crippen LogP contribution is 2.29. The Bertz CT molecular complexity index is 1370. The molecular weight excluding hydrogens is 502 g/mol. The average Bonchev–Trinajstić information content (AvgIpc) is 2.85. The molecule has 0 atom stereocenters. The molecule has 3 aromatic rings. The first kappa shape index (κ1) is 25.8. The number of carbonyl (C=O) groups excluding carboxylic acids is 1. The number of hydrogen-bond donors (Lipinski definition) is 2. The zero-order chi connectivity index (χ0) is 25.9. The fourth-order valence-electron chi connectivity index (χ4n) is 4.05. The lowest BCUT2D eigenvalue weighted by Crippen LogP contribution is -2.47. The van der Waals surface area contributed by atoms with Crippen LogP contribution in [0.2, 0.25) is 5.02 Å². The Morgan fingerprint density at radius 2 is 1.53 bits per heavy atom. The Morgan fingerprint density at radius 3 is 2.11 bits per heavy atom. The van der Waals surface area contributed by atoms with Crippen LogP contribution < -0.4 is 5.32 Å². The van der Waals surface area contributed by atoms with Gasteiger partial charge in [-0.1, -0.05) is 35.9 Å². The topological polar surface area (TPSA) is 107 Å². The van der Waals surface area contributed by atoms with Gasteiger partial charge in [0.15, 0.2) is 0 Å². The van der Waals surface area contributed by atoms with Gasteiger partial charge in [-0.15, -0.1) is 0 Å². The number of nitrogens with one attached hydrogen (secondary N) is 1. The molecule has 0 bridgehead atoms. The number of hydrogen-bond acceptors (Lipinski definition) is 5. The number of rotatable bonds is 7. The van der Waals surface area contributed by atoms with Crippen LogP contribution in [0.3, 0.4) is 0 Å². The lowest BCUT2D eigenvalue weighted by molar-refractivity contribution is 0.0696. The molecule has 10 heteroatoms. The van der Waals surface area contributed by atoms with Gasteiger partial charge in [0.25, 0.3) is 5.91 Å². The molecule has 2 N–H and O–H groups in total. The molecule has 4 rings (SSSR count). The van der Waals surface area contributed by atoms with Gasteiger partial charge in [0.05, 0.1) is 11.8 Å². The zero-order valence-electron chi connectivity index (χ0n) is 19.6. The number of aromatic carboxylic acids is 1. The second-order valence-electron chi connectivity index (χ2n) is 8.67. The molecule has 0 unspecified atom stereocenters. The predicted octanol–water partition coefficient (Wildman–Crippen LogP) is 4.03. The summed E-state index contributed by atoms with van der Waals surface area (Å²) in [4.78, 5) is 26.2. The van der Waals surface area contributed by atoms with Crippen molar-refractivity contribution < 1.29 is 23.1 Å². The number of carbonyl (C=O) groups is 2. The molecule has 3 aromatic carbocycles. The highest BCUT2D eigenvalue weighted by Gasteiger charge is 2.23. The number of carboxylic acid groups (broad SMARTS) is 1. The molecule has 1 saturated heterocycles. The minimum atomic E-state index is -3.15. The summed E-state index contributed by atoms with van der Waals surface area (Å²) in [6, 6.07) is 18.8. The average molecular weight is 528 g/mol. The molecule has 1 heterocycles. The van der Waals surface area contributed by atoms with E-state index in [2.05, 4.69) is 10.2 Å². The van der Waals surface area contributed by atoms with Crippen LogP contribution in [0.5, 0.6) is 0 Å². The van der Waals surface area contributed by atoms with Crippen LogP contribution in [0.15, 0.2) is 66.7 Å². The maximum Gasteiger partial charge on any atom is 0.335 e. The molecule has 0 radical (unpaired) electrons. The van der Waals surface area contributed by atoms with Crippen molar-refractivity contribution in [1.29, 1.82) is 0 Å². The van der Waals surface area contributed by atoms with E-state index in [1.54, 1.807) is 30.3 Å². The van der Waals surface area contributed by atoms with Crippen LogP contribution in [0.25, 0.3) is 11.1 Å². The Balaban J connectivity index is 1.39. The fraction of sp³-hybridized carbons (Fsp3) is 0.231. The van der Waals surface area contributed by atoms with E-state index in [-0.39, 0.29) is 11.5 Å². The number of piperazine rings is 1. The molecule has 0 aliphatic carbocycles. The molecule has 1 fully saturated rings. The van der Waals surface area contributed by atoms with Crippen LogP contribution >= 0.6 is 11.6 Å². The Kier molecular flexibility index (Phi) is 7.75. The van der Waals surface area contributed by atoms with E-state index in [1.165, 1.54) is 22.7 Å². The van der Waals surface area contributed by atoms with E-state index >= 15 is 0 Å². The summed E-state index contributed by atoms with van der Waals surface area (Å²) < 4.78 is 24.8. The van der Waals surface area contributed by atoms with Gasteiger partial charge in [-0.25, -0.2) is 13.2 Å². The molecule has 1 aliphatic rings. The number of halogens is 1. The first-order valence-corrected chi connectivity index (χ1v) is 13.5. The monoisotopic (exact) mass is 527 g/mol. The van der Waals surface area contributed by atoms with E-state index in [0.29, 0.717) is 60.1 Å². The second-order valence-corrected chi connectivity index (χ2v) is 11.1. The molecule has 8 nitrogen and oxygen atoms in total. The van der Waals surface area contributed by atoms with Gasteiger partial charge in [0, 0.05) is 54.6 Å². The number of amides is 1. The Hall–Kier alpha value is -3.24. The van der Waals surface area contributed by atoms with E-state index in [4.69, 9.17) is 16.7 Å². The number of carboxylic acids is 1. The molecule has 36 heavy (non-hydrogen) atoms. The summed E-state index contributed by atoms with van der Waals surface area (Å²) in [6.45, 7) is 3.01. The van der Waals surface area contributed by atoms with Crippen molar-refractivity contribution in [1.82, 2.24) is 9.21 Å². The third-order valence-corrected chi connectivity index (χ3v) is 7.72. The lowest BCUT2D eigenvalue weighted by atomic mass is 10.0. The van der Waals surface area contributed by atoms with Crippen molar-refractivity contribution in [3.05, 3.63) is 88.4 Å². The quantitative estimate of drug-likeness (QED) is 0.480. The van der Waals surface area contributed by atoms with Crippen molar-refractivity contribution >= 4 is 39.2 Å².